The zero-order valence-electron chi connectivity index (χ0n) is 13.9. The second-order valence-corrected chi connectivity index (χ2v) is 5.99. The van der Waals surface area contributed by atoms with Crippen molar-refractivity contribution in [3.05, 3.63) is 71.5 Å². The smallest absolute Gasteiger partial charge is 0.258 e. The Kier molecular flexibility index (Phi) is 5.48. The molecule has 0 saturated heterocycles. The van der Waals surface area contributed by atoms with Crippen molar-refractivity contribution in [1.82, 2.24) is 20.1 Å². The second-order valence-electron chi connectivity index (χ2n) is 5.59. The first-order chi connectivity index (χ1) is 12.5. The maximum Gasteiger partial charge on any atom is 0.258 e. The predicted molar refractivity (Wildman–Crippen MR) is 94.8 cm³/mol. The quantitative estimate of drug-likeness (QED) is 0.718. The van der Waals surface area contributed by atoms with Gasteiger partial charge in [-0.05, 0) is 36.8 Å². The molecule has 1 aromatic heterocycles. The van der Waals surface area contributed by atoms with Crippen LogP contribution in [-0.4, -0.2) is 27.3 Å². The fraction of sp³-hybridized carbons (Fsp3) is 0.167. The molecule has 3 rings (SSSR count). The van der Waals surface area contributed by atoms with Crippen LogP contribution in [0.1, 0.15) is 18.5 Å². The van der Waals surface area contributed by atoms with Gasteiger partial charge in [0.05, 0.1) is 16.8 Å². The lowest BCUT2D eigenvalue weighted by molar-refractivity contribution is -0.123. The van der Waals surface area contributed by atoms with Gasteiger partial charge < -0.3 is 10.1 Å². The topological polar surface area (TPSA) is 69.0 Å². The van der Waals surface area contributed by atoms with Gasteiger partial charge in [-0.25, -0.2) is 14.1 Å². The maximum absolute atomic E-state index is 13.1. The molecule has 3 aromatic rings. The molecule has 6 nitrogen and oxygen atoms in total. The molecule has 0 bridgehead atoms. The fourth-order valence-electron chi connectivity index (χ4n) is 2.34. The summed E-state index contributed by atoms with van der Waals surface area (Å²) in [7, 11) is 0. The van der Waals surface area contributed by atoms with E-state index in [2.05, 4.69) is 15.4 Å². The molecule has 134 valence electrons. The molecule has 0 fully saturated rings. The lowest BCUT2D eigenvalue weighted by Gasteiger charge is -2.15. The lowest BCUT2D eigenvalue weighted by atomic mass is 10.1. The van der Waals surface area contributed by atoms with E-state index in [1.165, 1.54) is 24.5 Å². The van der Waals surface area contributed by atoms with Gasteiger partial charge in [-0.15, -0.1) is 0 Å². The van der Waals surface area contributed by atoms with Gasteiger partial charge in [0.15, 0.2) is 6.61 Å². The summed E-state index contributed by atoms with van der Waals surface area (Å²) in [6, 6.07) is 11.3. The molecule has 1 N–H and O–H groups in total. The molecular weight excluding hydrogens is 359 g/mol. The molecule has 26 heavy (non-hydrogen) atoms. The van der Waals surface area contributed by atoms with Gasteiger partial charge in [0.2, 0.25) is 0 Å². The van der Waals surface area contributed by atoms with E-state index in [-0.39, 0.29) is 23.6 Å². The predicted octanol–water partition coefficient (Wildman–Crippen LogP) is 3.32. The molecule has 0 spiro atoms. The number of carbonyl (C=O) groups excluding carboxylic acids is 1. The van der Waals surface area contributed by atoms with Crippen molar-refractivity contribution >= 4 is 17.5 Å². The molecule has 0 aliphatic carbocycles. The van der Waals surface area contributed by atoms with Gasteiger partial charge in [0.1, 0.15) is 24.2 Å². The summed E-state index contributed by atoms with van der Waals surface area (Å²) in [6.07, 6.45) is 3.07. The molecule has 0 saturated carbocycles. The first-order valence-electron chi connectivity index (χ1n) is 7.85. The monoisotopic (exact) mass is 374 g/mol. The standard InChI is InChI=1S/C18H16ClFN4O2/c1-12(13-2-4-14(5-3-13)24-11-21-10-22-24)23-18(25)9-26-15-6-7-17(20)16(19)8-15/h2-8,10-12H,9H2,1H3,(H,23,25). The largest absolute Gasteiger partial charge is 0.484 e. The number of nitrogens with one attached hydrogen (secondary N) is 1. The van der Waals surface area contributed by atoms with E-state index in [0.29, 0.717) is 5.75 Å². The Hall–Kier alpha value is -2.93. The van der Waals surface area contributed by atoms with Gasteiger partial charge in [0, 0.05) is 6.07 Å². The molecular formula is C18H16ClFN4O2. The van der Waals surface area contributed by atoms with Crippen LogP contribution in [0.5, 0.6) is 5.75 Å². The van der Waals surface area contributed by atoms with E-state index in [4.69, 9.17) is 16.3 Å². The van der Waals surface area contributed by atoms with Gasteiger partial charge in [0.25, 0.3) is 5.91 Å². The molecule has 8 heteroatoms. The van der Waals surface area contributed by atoms with E-state index < -0.39 is 5.82 Å². The molecule has 0 aliphatic rings. The van der Waals surface area contributed by atoms with E-state index in [1.807, 2.05) is 31.2 Å². The number of carbonyl (C=O) groups is 1. The number of amides is 1. The third kappa shape index (κ3) is 4.37. The normalized spacial score (nSPS) is 11.8. The van der Waals surface area contributed by atoms with Crippen molar-refractivity contribution in [3.8, 4) is 11.4 Å². The summed E-state index contributed by atoms with van der Waals surface area (Å²) >= 11 is 5.68. The highest BCUT2D eigenvalue weighted by molar-refractivity contribution is 6.30. The van der Waals surface area contributed by atoms with Gasteiger partial charge in [-0.3, -0.25) is 4.79 Å². The molecule has 1 unspecified atom stereocenters. The summed E-state index contributed by atoms with van der Waals surface area (Å²) < 4.78 is 20.1. The highest BCUT2D eigenvalue weighted by atomic mass is 35.5. The van der Waals surface area contributed by atoms with Crippen molar-refractivity contribution in [2.45, 2.75) is 13.0 Å². The molecule has 1 amide bonds. The summed E-state index contributed by atoms with van der Waals surface area (Å²) in [4.78, 5) is 15.9. The Morgan fingerprint density at radius 2 is 2.08 bits per heavy atom. The summed E-state index contributed by atoms with van der Waals surface area (Å²) in [5.41, 5.74) is 1.81. The van der Waals surface area contributed by atoms with Crippen LogP contribution in [0.2, 0.25) is 5.02 Å². The van der Waals surface area contributed by atoms with E-state index >= 15 is 0 Å². The van der Waals surface area contributed by atoms with Crippen LogP contribution in [0.3, 0.4) is 0 Å². The van der Waals surface area contributed by atoms with Crippen molar-refractivity contribution in [3.63, 3.8) is 0 Å². The lowest BCUT2D eigenvalue weighted by Crippen LogP contribution is -2.31. The maximum atomic E-state index is 13.1. The Balaban J connectivity index is 1.54. The number of hydrogen-bond acceptors (Lipinski definition) is 4. The number of rotatable bonds is 6. The minimum Gasteiger partial charge on any atom is -0.484 e. The highest BCUT2D eigenvalue weighted by Gasteiger charge is 2.11. The molecule has 1 atom stereocenters. The summed E-state index contributed by atoms with van der Waals surface area (Å²) in [6.45, 7) is 1.68. The number of ether oxygens (including phenoxy) is 1. The van der Waals surface area contributed by atoms with E-state index in [9.17, 15) is 9.18 Å². The summed E-state index contributed by atoms with van der Waals surface area (Å²) in [5, 5.41) is 6.85. The number of aromatic nitrogens is 3. The minimum absolute atomic E-state index is 0.0521. The van der Waals surface area contributed by atoms with Crippen LogP contribution in [0.25, 0.3) is 5.69 Å². The highest BCUT2D eigenvalue weighted by Crippen LogP contribution is 2.21. The Morgan fingerprint density at radius 3 is 2.73 bits per heavy atom. The van der Waals surface area contributed by atoms with Crippen molar-refractivity contribution in [2.75, 3.05) is 6.61 Å². The van der Waals surface area contributed by atoms with Gasteiger partial charge >= 0.3 is 0 Å². The van der Waals surface area contributed by atoms with Crippen molar-refractivity contribution < 1.29 is 13.9 Å². The average Bonchev–Trinajstić information content (AvgIpc) is 3.17. The van der Waals surface area contributed by atoms with Gasteiger partial charge in [-0.1, -0.05) is 23.7 Å². The van der Waals surface area contributed by atoms with E-state index in [0.717, 1.165) is 11.3 Å². The first-order valence-corrected chi connectivity index (χ1v) is 8.23. The van der Waals surface area contributed by atoms with Gasteiger partial charge in [-0.2, -0.15) is 5.10 Å². The summed E-state index contributed by atoms with van der Waals surface area (Å²) in [5.74, 6) is -0.499. The van der Waals surface area contributed by atoms with Crippen LogP contribution in [0, 0.1) is 5.82 Å². The number of benzene rings is 2. The molecule has 1 heterocycles. The Labute approximate surface area is 154 Å². The van der Waals surface area contributed by atoms with Crippen LogP contribution >= 0.6 is 11.6 Å². The first kappa shape index (κ1) is 17.9. The Morgan fingerprint density at radius 1 is 1.31 bits per heavy atom. The van der Waals surface area contributed by atoms with Crippen molar-refractivity contribution in [1.29, 1.82) is 0 Å². The van der Waals surface area contributed by atoms with E-state index in [1.54, 1.807) is 11.0 Å². The second kappa shape index (κ2) is 7.97. The molecule has 0 radical (unpaired) electrons. The molecule has 2 aromatic carbocycles. The third-order valence-corrected chi connectivity index (χ3v) is 4.00. The molecule has 0 aliphatic heterocycles. The van der Waals surface area contributed by atoms with Crippen LogP contribution in [-0.2, 0) is 4.79 Å². The Bertz CT molecular complexity index is 885. The van der Waals surface area contributed by atoms with Crippen LogP contribution < -0.4 is 10.1 Å². The van der Waals surface area contributed by atoms with Crippen LogP contribution in [0.4, 0.5) is 4.39 Å². The zero-order chi connectivity index (χ0) is 18.5. The number of hydrogen-bond donors (Lipinski definition) is 1. The third-order valence-electron chi connectivity index (χ3n) is 3.71. The van der Waals surface area contributed by atoms with Crippen LogP contribution in [0.15, 0.2) is 55.1 Å². The SMILES string of the molecule is CC(NC(=O)COc1ccc(F)c(Cl)c1)c1ccc(-n2cncn2)cc1. The zero-order valence-corrected chi connectivity index (χ0v) is 14.7. The number of halogens is 2. The minimum atomic E-state index is -0.536. The fourth-order valence-corrected chi connectivity index (χ4v) is 2.51. The average molecular weight is 375 g/mol. The number of nitrogens with zero attached hydrogens (tertiary/aromatic N) is 3. The van der Waals surface area contributed by atoms with Crippen molar-refractivity contribution in [2.24, 2.45) is 0 Å².